The van der Waals surface area contributed by atoms with Gasteiger partial charge in [-0.15, -0.1) is 0 Å². The average Bonchev–Trinajstić information content (AvgIpc) is 2.15. The van der Waals surface area contributed by atoms with Gasteiger partial charge in [0, 0.05) is 0 Å². The van der Waals surface area contributed by atoms with Crippen molar-refractivity contribution in [3.63, 3.8) is 0 Å². The molecule has 0 aliphatic carbocycles. The molecular formula is C9H10O5S. The van der Waals surface area contributed by atoms with Gasteiger partial charge in [-0.1, -0.05) is 0 Å². The predicted molar refractivity (Wildman–Crippen MR) is 52.4 cm³/mol. The van der Waals surface area contributed by atoms with Crippen molar-refractivity contribution in [2.24, 2.45) is 0 Å². The molecular weight excluding hydrogens is 220 g/mol. The Kier molecular flexibility index (Phi) is 2.54. The van der Waals surface area contributed by atoms with Crippen molar-refractivity contribution in [1.82, 2.24) is 0 Å². The van der Waals surface area contributed by atoms with Crippen LogP contribution in [0, 0.1) is 0 Å². The fraction of sp³-hybridized carbons (Fsp3) is 0.333. The number of hydrogen-bond donors (Lipinski definition) is 1. The highest BCUT2D eigenvalue weighted by atomic mass is 32.3. The third-order valence-electron chi connectivity index (χ3n) is 2.08. The van der Waals surface area contributed by atoms with Gasteiger partial charge in [-0.25, -0.2) is 0 Å². The maximum absolute atomic E-state index is 10.5. The molecule has 0 saturated heterocycles. The van der Waals surface area contributed by atoms with Crippen LogP contribution in [0.4, 0.5) is 0 Å². The summed E-state index contributed by atoms with van der Waals surface area (Å²) in [7, 11) is -4.44. The molecule has 1 heterocycles. The largest absolute Gasteiger partial charge is 0.493 e. The van der Waals surface area contributed by atoms with Crippen molar-refractivity contribution in [1.29, 1.82) is 0 Å². The Morgan fingerprint density at radius 2 is 2.20 bits per heavy atom. The first-order valence-electron chi connectivity index (χ1n) is 4.47. The fourth-order valence-corrected chi connectivity index (χ4v) is 1.86. The van der Waals surface area contributed by atoms with Crippen molar-refractivity contribution in [3.8, 4) is 11.5 Å². The third kappa shape index (κ3) is 2.60. The van der Waals surface area contributed by atoms with Crippen molar-refractivity contribution >= 4 is 10.4 Å². The van der Waals surface area contributed by atoms with Crippen molar-refractivity contribution < 1.29 is 21.9 Å². The molecule has 0 spiro atoms. The lowest BCUT2D eigenvalue weighted by Crippen LogP contribution is -2.10. The molecule has 0 fully saturated rings. The number of aryl methyl sites for hydroxylation is 1. The van der Waals surface area contributed by atoms with E-state index in [0.29, 0.717) is 6.61 Å². The van der Waals surface area contributed by atoms with Crippen LogP contribution in [0.5, 0.6) is 11.5 Å². The summed E-state index contributed by atoms with van der Waals surface area (Å²) in [6, 6.07) is 4.63. The molecule has 0 aromatic heterocycles. The maximum Gasteiger partial charge on any atom is 0.446 e. The Morgan fingerprint density at radius 1 is 1.40 bits per heavy atom. The van der Waals surface area contributed by atoms with E-state index in [-0.39, 0.29) is 5.75 Å². The van der Waals surface area contributed by atoms with Crippen molar-refractivity contribution in [2.75, 3.05) is 6.61 Å². The van der Waals surface area contributed by atoms with E-state index in [1.807, 2.05) is 0 Å². The molecule has 0 atom stereocenters. The first-order chi connectivity index (χ1) is 7.04. The SMILES string of the molecule is O=S(=O)(O)Oc1ccc2c(c1)CCCO2. The number of rotatable bonds is 2. The first-order valence-corrected chi connectivity index (χ1v) is 5.84. The summed E-state index contributed by atoms with van der Waals surface area (Å²) in [5.74, 6) is 0.839. The minimum absolute atomic E-state index is 0.0988. The Morgan fingerprint density at radius 3 is 2.93 bits per heavy atom. The van der Waals surface area contributed by atoms with Gasteiger partial charge in [0.2, 0.25) is 0 Å². The molecule has 1 aliphatic heterocycles. The lowest BCUT2D eigenvalue weighted by molar-refractivity contribution is 0.287. The summed E-state index contributed by atoms with van der Waals surface area (Å²) in [6.07, 6.45) is 1.71. The number of ether oxygens (including phenoxy) is 1. The smallest absolute Gasteiger partial charge is 0.446 e. The Balaban J connectivity index is 2.28. The Hall–Kier alpha value is -1.27. The fourth-order valence-electron chi connectivity index (χ4n) is 1.51. The number of benzene rings is 1. The number of hydrogen-bond acceptors (Lipinski definition) is 4. The second kappa shape index (κ2) is 3.71. The van der Waals surface area contributed by atoms with Gasteiger partial charge in [-0.2, -0.15) is 8.42 Å². The van der Waals surface area contributed by atoms with E-state index in [2.05, 4.69) is 4.18 Å². The molecule has 0 saturated carbocycles. The predicted octanol–water partition coefficient (Wildman–Crippen LogP) is 1.19. The minimum atomic E-state index is -4.44. The monoisotopic (exact) mass is 230 g/mol. The van der Waals surface area contributed by atoms with Gasteiger partial charge in [-0.3, -0.25) is 4.55 Å². The van der Waals surface area contributed by atoms with E-state index in [1.165, 1.54) is 6.07 Å². The van der Waals surface area contributed by atoms with Crippen molar-refractivity contribution in [3.05, 3.63) is 23.8 Å². The quantitative estimate of drug-likeness (QED) is 0.772. The van der Waals surface area contributed by atoms with Crippen LogP contribution in [-0.4, -0.2) is 19.6 Å². The summed E-state index contributed by atoms with van der Waals surface area (Å²) >= 11 is 0. The molecule has 1 aromatic carbocycles. The zero-order valence-corrected chi connectivity index (χ0v) is 8.66. The highest BCUT2D eigenvalue weighted by Crippen LogP contribution is 2.28. The normalized spacial score (nSPS) is 15.3. The Labute approximate surface area is 87.6 Å². The standard InChI is InChI=1S/C9H10O5S/c10-15(11,12)14-8-3-4-9-7(6-8)2-1-5-13-9/h3-4,6H,1-2,5H2,(H,10,11,12). The third-order valence-corrected chi connectivity index (χ3v) is 2.48. The highest BCUT2D eigenvalue weighted by molar-refractivity contribution is 7.81. The lowest BCUT2D eigenvalue weighted by atomic mass is 10.1. The molecule has 0 radical (unpaired) electrons. The minimum Gasteiger partial charge on any atom is -0.493 e. The molecule has 5 nitrogen and oxygen atoms in total. The lowest BCUT2D eigenvalue weighted by Gasteiger charge is -2.17. The summed E-state index contributed by atoms with van der Waals surface area (Å²) in [6.45, 7) is 0.672. The average molecular weight is 230 g/mol. The van der Waals surface area contributed by atoms with Crippen LogP contribution in [0.25, 0.3) is 0 Å². The van der Waals surface area contributed by atoms with E-state index < -0.39 is 10.4 Å². The molecule has 0 bridgehead atoms. The van der Waals surface area contributed by atoms with Crippen LogP contribution in [-0.2, 0) is 16.8 Å². The molecule has 2 rings (SSSR count). The van der Waals surface area contributed by atoms with E-state index in [0.717, 1.165) is 24.2 Å². The molecule has 1 aromatic rings. The van der Waals surface area contributed by atoms with Gasteiger partial charge in [0.15, 0.2) is 0 Å². The van der Waals surface area contributed by atoms with Gasteiger partial charge >= 0.3 is 10.4 Å². The van der Waals surface area contributed by atoms with Crippen LogP contribution < -0.4 is 8.92 Å². The summed E-state index contributed by atoms with van der Waals surface area (Å²) in [5.41, 5.74) is 0.891. The number of fused-ring (bicyclic) bond motifs is 1. The van der Waals surface area contributed by atoms with Crippen LogP contribution in [0.1, 0.15) is 12.0 Å². The van der Waals surface area contributed by atoms with Crippen LogP contribution in [0.2, 0.25) is 0 Å². The van der Waals surface area contributed by atoms with Crippen LogP contribution in [0.15, 0.2) is 18.2 Å². The van der Waals surface area contributed by atoms with E-state index in [9.17, 15) is 8.42 Å². The molecule has 0 unspecified atom stereocenters. The molecule has 15 heavy (non-hydrogen) atoms. The van der Waals surface area contributed by atoms with E-state index in [4.69, 9.17) is 9.29 Å². The summed E-state index contributed by atoms with van der Waals surface area (Å²) in [5, 5.41) is 0. The maximum atomic E-state index is 10.5. The summed E-state index contributed by atoms with van der Waals surface area (Å²) < 4.78 is 39.1. The molecule has 82 valence electrons. The zero-order chi connectivity index (χ0) is 10.9. The highest BCUT2D eigenvalue weighted by Gasteiger charge is 2.13. The van der Waals surface area contributed by atoms with Crippen LogP contribution in [0.3, 0.4) is 0 Å². The van der Waals surface area contributed by atoms with Gasteiger partial charge in [0.25, 0.3) is 0 Å². The molecule has 0 amide bonds. The van der Waals surface area contributed by atoms with Gasteiger partial charge in [-0.05, 0) is 36.6 Å². The van der Waals surface area contributed by atoms with Gasteiger partial charge in [0.1, 0.15) is 11.5 Å². The second-order valence-electron chi connectivity index (χ2n) is 3.23. The Bertz CT molecular complexity index is 465. The van der Waals surface area contributed by atoms with Gasteiger partial charge in [0.05, 0.1) is 6.61 Å². The molecule has 1 aliphatic rings. The van der Waals surface area contributed by atoms with E-state index >= 15 is 0 Å². The summed E-state index contributed by atoms with van der Waals surface area (Å²) in [4.78, 5) is 0. The molecule has 6 heteroatoms. The zero-order valence-electron chi connectivity index (χ0n) is 7.84. The first kappa shape index (κ1) is 10.3. The van der Waals surface area contributed by atoms with Crippen LogP contribution >= 0.6 is 0 Å². The van der Waals surface area contributed by atoms with E-state index in [1.54, 1.807) is 12.1 Å². The second-order valence-corrected chi connectivity index (χ2v) is 4.25. The molecule has 1 N–H and O–H groups in total. The topological polar surface area (TPSA) is 72.8 Å². The van der Waals surface area contributed by atoms with Gasteiger partial charge < -0.3 is 8.92 Å². The van der Waals surface area contributed by atoms with Crippen molar-refractivity contribution in [2.45, 2.75) is 12.8 Å².